The fourth-order valence-electron chi connectivity index (χ4n) is 1.51. The lowest BCUT2D eigenvalue weighted by atomic mass is 10.3. The van der Waals surface area contributed by atoms with Gasteiger partial charge in [0.05, 0.1) is 9.82 Å². The molecule has 0 aliphatic rings. The van der Waals surface area contributed by atoms with Gasteiger partial charge >= 0.3 is 0 Å². The third-order valence-electron chi connectivity index (χ3n) is 2.54. The van der Waals surface area contributed by atoms with Gasteiger partial charge in [-0.25, -0.2) is 13.8 Å². The summed E-state index contributed by atoms with van der Waals surface area (Å²) in [6, 6.07) is 13.6. The number of halogens is 1. The number of nitrogens with zero attached hydrogens (tertiary/aromatic N) is 1. The average molecular weight is 330 g/mol. The second-order valence-electron chi connectivity index (χ2n) is 3.93. The van der Waals surface area contributed by atoms with E-state index in [0.29, 0.717) is 5.69 Å². The first-order valence-corrected chi connectivity index (χ1v) is 7.12. The van der Waals surface area contributed by atoms with Crippen LogP contribution >= 0.6 is 0 Å². The minimum absolute atomic E-state index is 0. The fourth-order valence-corrected chi connectivity index (χ4v) is 2.43. The summed E-state index contributed by atoms with van der Waals surface area (Å²) in [5.74, 6) is 0. The zero-order valence-corrected chi connectivity index (χ0v) is 12.2. The molecule has 0 fully saturated rings. The molecule has 21 heavy (non-hydrogen) atoms. The molecule has 0 aromatic heterocycles. The van der Waals surface area contributed by atoms with Gasteiger partial charge in [-0.2, -0.15) is 0 Å². The van der Waals surface area contributed by atoms with Gasteiger partial charge in [0.25, 0.3) is 15.7 Å². The van der Waals surface area contributed by atoms with Gasteiger partial charge in [0, 0.05) is 24.3 Å². The first-order chi connectivity index (χ1) is 9.49. The molecule has 0 aliphatic heterocycles. The van der Waals surface area contributed by atoms with Crippen LogP contribution in [0.15, 0.2) is 59.5 Å². The van der Waals surface area contributed by atoms with E-state index in [4.69, 9.17) is 0 Å². The molecule has 0 radical (unpaired) electrons. The Morgan fingerprint density at radius 2 is 1.57 bits per heavy atom. The Balaban J connectivity index is 0.00000220. The Morgan fingerprint density at radius 1 is 1.00 bits per heavy atom. The number of benzene rings is 2. The Bertz CT molecular complexity index is 705. The highest BCUT2D eigenvalue weighted by Gasteiger charge is 2.17. The second-order valence-corrected chi connectivity index (χ2v) is 5.64. The lowest BCUT2D eigenvalue weighted by molar-refractivity contribution is -0.610. The molecule has 0 saturated heterocycles. The van der Waals surface area contributed by atoms with Crippen molar-refractivity contribution in [3.8, 4) is 0 Å². The Morgan fingerprint density at radius 3 is 2.10 bits per heavy atom. The van der Waals surface area contributed by atoms with Crippen molar-refractivity contribution < 1.29 is 31.2 Å². The van der Waals surface area contributed by atoms with Crippen LogP contribution in [-0.2, 0) is 10.0 Å². The zero-order valence-electron chi connectivity index (χ0n) is 10.6. The molecule has 112 valence electrons. The molecule has 0 atom stereocenters. The van der Waals surface area contributed by atoms with E-state index in [1.54, 1.807) is 24.3 Å². The number of hydrogen-bond donors (Lipinski definition) is 2. The summed E-state index contributed by atoms with van der Waals surface area (Å²) >= 11 is 0. The highest BCUT2D eigenvalue weighted by molar-refractivity contribution is 7.89. The molecular weight excluding hydrogens is 318 g/mol. The molecule has 0 heterocycles. The topological polar surface area (TPSA) is 106 Å². The van der Waals surface area contributed by atoms with Crippen molar-refractivity contribution in [1.29, 1.82) is 0 Å². The molecule has 0 unspecified atom stereocenters. The summed E-state index contributed by atoms with van der Waals surface area (Å²) < 4.78 is 23.9. The van der Waals surface area contributed by atoms with Gasteiger partial charge in [0.2, 0.25) is 0 Å². The number of quaternary nitrogens is 1. The fraction of sp³-hybridized carbons (Fsp3) is 0. The number of non-ortho nitro benzene ring substituents is 1. The maximum absolute atomic E-state index is 12.0. The number of hydrogen-bond acceptors (Lipinski definition) is 4. The predicted octanol–water partition coefficient (Wildman–Crippen LogP) is -2.31. The summed E-state index contributed by atoms with van der Waals surface area (Å²) in [7, 11) is -3.73. The molecule has 0 aliphatic carbocycles. The van der Waals surface area contributed by atoms with E-state index < -0.39 is 14.9 Å². The quantitative estimate of drug-likeness (QED) is 0.278. The zero-order chi connectivity index (χ0) is 14.6. The third-order valence-corrected chi connectivity index (χ3v) is 3.86. The van der Waals surface area contributed by atoms with Crippen molar-refractivity contribution in [1.82, 2.24) is 4.83 Å². The molecule has 9 heteroatoms. The van der Waals surface area contributed by atoms with Crippen LogP contribution in [0.1, 0.15) is 0 Å². The van der Waals surface area contributed by atoms with E-state index >= 15 is 0 Å². The smallest absolute Gasteiger partial charge is 0.282 e. The molecule has 2 aromatic rings. The summed E-state index contributed by atoms with van der Waals surface area (Å²) in [4.78, 5) is 12.2. The van der Waals surface area contributed by atoms with Gasteiger partial charge < -0.3 is 12.4 Å². The maximum Gasteiger partial charge on any atom is 0.282 e. The van der Waals surface area contributed by atoms with Crippen LogP contribution in [0.4, 0.5) is 11.4 Å². The molecule has 0 bridgehead atoms. The summed E-state index contributed by atoms with van der Waals surface area (Å²) in [5, 5.41) is 10.5. The number of nitrogens with one attached hydrogen (secondary N) is 1. The highest BCUT2D eigenvalue weighted by Crippen LogP contribution is 2.14. The Labute approximate surface area is 127 Å². The molecule has 0 amide bonds. The van der Waals surface area contributed by atoms with Crippen LogP contribution in [0, 0.1) is 10.1 Å². The van der Waals surface area contributed by atoms with Crippen molar-refractivity contribution in [2.45, 2.75) is 4.90 Å². The first-order valence-electron chi connectivity index (χ1n) is 5.64. The lowest BCUT2D eigenvalue weighted by Crippen LogP contribution is -3.00. The first kappa shape index (κ1) is 17.1. The lowest BCUT2D eigenvalue weighted by Gasteiger charge is -2.04. The van der Waals surface area contributed by atoms with Crippen LogP contribution in [0.3, 0.4) is 0 Å². The summed E-state index contributed by atoms with van der Waals surface area (Å²) in [6.07, 6.45) is 0. The van der Waals surface area contributed by atoms with E-state index in [0.717, 1.165) is 12.1 Å². The van der Waals surface area contributed by atoms with E-state index in [1.807, 2.05) is 6.07 Å². The van der Waals surface area contributed by atoms with Crippen LogP contribution in [0.5, 0.6) is 0 Å². The summed E-state index contributed by atoms with van der Waals surface area (Å²) in [6.45, 7) is 0. The van der Waals surface area contributed by atoms with Crippen molar-refractivity contribution in [3.63, 3.8) is 0 Å². The van der Waals surface area contributed by atoms with Gasteiger partial charge in [0.15, 0.2) is 0 Å². The van der Waals surface area contributed by atoms with Crippen molar-refractivity contribution >= 4 is 21.4 Å². The average Bonchev–Trinajstić information content (AvgIpc) is 2.46. The normalized spacial score (nSPS) is 10.7. The van der Waals surface area contributed by atoms with Gasteiger partial charge in [-0.3, -0.25) is 10.1 Å². The van der Waals surface area contributed by atoms with Crippen molar-refractivity contribution in [2.24, 2.45) is 0 Å². The molecule has 2 aromatic carbocycles. The number of sulfonamides is 1. The van der Waals surface area contributed by atoms with E-state index in [2.05, 4.69) is 4.83 Å². The number of para-hydroxylation sites is 1. The molecule has 7 nitrogen and oxygen atoms in total. The molecule has 3 N–H and O–H groups in total. The Hall–Kier alpha value is -2.00. The minimum Gasteiger partial charge on any atom is -1.00 e. The van der Waals surface area contributed by atoms with Gasteiger partial charge in [0.1, 0.15) is 5.69 Å². The highest BCUT2D eigenvalue weighted by atomic mass is 35.5. The molecular formula is C12H12ClN3O4S. The van der Waals surface area contributed by atoms with Crippen LogP contribution in [-0.4, -0.2) is 13.3 Å². The predicted molar refractivity (Wildman–Crippen MR) is 71.4 cm³/mol. The molecule has 2 rings (SSSR count). The van der Waals surface area contributed by atoms with Crippen molar-refractivity contribution in [2.75, 3.05) is 0 Å². The standard InChI is InChI=1S/C12H11N3O4S.ClH/c16-15(17)11-6-8-12(9-7-11)20(18,19)14-13-10-4-2-1-3-5-10;/h1-9,13-14H;1H. The molecule has 0 spiro atoms. The second kappa shape index (κ2) is 7.14. The van der Waals surface area contributed by atoms with Gasteiger partial charge in [-0.15, -0.1) is 0 Å². The van der Waals surface area contributed by atoms with E-state index in [1.165, 1.54) is 17.6 Å². The van der Waals surface area contributed by atoms with E-state index in [-0.39, 0.29) is 23.0 Å². The van der Waals surface area contributed by atoms with E-state index in [9.17, 15) is 18.5 Å². The number of rotatable bonds is 5. The summed E-state index contributed by atoms with van der Waals surface area (Å²) in [5.41, 5.74) is 1.91. The van der Waals surface area contributed by atoms with Crippen LogP contribution in [0.2, 0.25) is 0 Å². The monoisotopic (exact) mass is 329 g/mol. The Kier molecular flexibility index (Phi) is 5.79. The van der Waals surface area contributed by atoms with Gasteiger partial charge in [-0.1, -0.05) is 23.0 Å². The number of nitro groups is 1. The van der Waals surface area contributed by atoms with Crippen molar-refractivity contribution in [3.05, 3.63) is 64.7 Å². The number of nitrogens with two attached hydrogens (primary N) is 1. The minimum atomic E-state index is -3.73. The van der Waals surface area contributed by atoms with Crippen LogP contribution < -0.4 is 22.7 Å². The third kappa shape index (κ3) is 4.50. The van der Waals surface area contributed by atoms with Crippen LogP contribution in [0.25, 0.3) is 0 Å². The maximum atomic E-state index is 12.0. The SMILES string of the molecule is O=[N+]([O-])c1ccc(S(=O)(=O)N[NH2+]c2ccccc2)cc1.[Cl-]. The largest absolute Gasteiger partial charge is 1.00 e. The number of nitro benzene ring substituents is 1. The van der Waals surface area contributed by atoms with Gasteiger partial charge in [-0.05, 0) is 12.1 Å². The molecule has 0 saturated carbocycles.